The van der Waals surface area contributed by atoms with Gasteiger partial charge < -0.3 is 10.6 Å². The molecule has 0 bridgehead atoms. The number of hydrogen-bond donors (Lipinski definition) is 2. The number of fused-ring (bicyclic) bond motifs is 1. The molecule has 2 amide bonds. The van der Waals surface area contributed by atoms with Crippen LogP contribution in [0.5, 0.6) is 0 Å². The molecule has 1 aromatic carbocycles. The molecule has 0 atom stereocenters. The molecule has 16 heavy (non-hydrogen) atoms. The molecular weight excluding hydrogens is 224 g/mol. The molecule has 0 fully saturated rings. The van der Waals surface area contributed by atoms with Crippen LogP contribution in [0, 0.1) is 0 Å². The zero-order valence-corrected chi connectivity index (χ0v) is 9.26. The summed E-state index contributed by atoms with van der Waals surface area (Å²) >= 11 is 1.49. The van der Waals surface area contributed by atoms with E-state index in [0.717, 1.165) is 10.6 Å². The Bertz CT molecular complexity index is 471. The zero-order chi connectivity index (χ0) is 11.5. The standard InChI is InChI=1S/C11H10N2O2S/c1-2-10(14)12-7-3-4-9-8(5-7)13-11(15)6-16-9/h2-5H,1,6H2,(H,12,14)(H,13,15). The molecule has 2 rings (SSSR count). The highest BCUT2D eigenvalue weighted by molar-refractivity contribution is 8.00. The average Bonchev–Trinajstić information content (AvgIpc) is 2.28. The van der Waals surface area contributed by atoms with Gasteiger partial charge >= 0.3 is 0 Å². The number of thioether (sulfide) groups is 1. The monoisotopic (exact) mass is 234 g/mol. The van der Waals surface area contributed by atoms with E-state index < -0.39 is 0 Å². The Hall–Kier alpha value is -1.75. The van der Waals surface area contributed by atoms with Crippen LogP contribution in [0.3, 0.4) is 0 Å². The highest BCUT2D eigenvalue weighted by Crippen LogP contribution is 2.33. The van der Waals surface area contributed by atoms with E-state index in [1.807, 2.05) is 6.07 Å². The topological polar surface area (TPSA) is 58.2 Å². The lowest BCUT2D eigenvalue weighted by molar-refractivity contribution is -0.114. The predicted molar refractivity (Wildman–Crippen MR) is 64.6 cm³/mol. The van der Waals surface area contributed by atoms with Gasteiger partial charge in [0.05, 0.1) is 11.4 Å². The molecule has 1 heterocycles. The largest absolute Gasteiger partial charge is 0.324 e. The maximum Gasteiger partial charge on any atom is 0.247 e. The SMILES string of the molecule is C=CC(=O)Nc1ccc2c(c1)NC(=O)CS2. The second-order valence-electron chi connectivity index (χ2n) is 3.24. The van der Waals surface area contributed by atoms with Gasteiger partial charge in [-0.05, 0) is 24.3 Å². The number of carbonyl (C=O) groups excluding carboxylic acids is 2. The Morgan fingerprint density at radius 2 is 2.38 bits per heavy atom. The van der Waals surface area contributed by atoms with Gasteiger partial charge in [-0.3, -0.25) is 9.59 Å². The molecule has 1 aromatic rings. The molecule has 2 N–H and O–H groups in total. The lowest BCUT2D eigenvalue weighted by atomic mass is 10.2. The summed E-state index contributed by atoms with van der Waals surface area (Å²) in [6.45, 7) is 3.37. The summed E-state index contributed by atoms with van der Waals surface area (Å²) in [5, 5.41) is 5.39. The van der Waals surface area contributed by atoms with Gasteiger partial charge in [-0.2, -0.15) is 0 Å². The Balaban J connectivity index is 2.24. The van der Waals surface area contributed by atoms with Gasteiger partial charge in [0.15, 0.2) is 0 Å². The van der Waals surface area contributed by atoms with Crippen molar-refractivity contribution in [2.45, 2.75) is 4.90 Å². The summed E-state index contributed by atoms with van der Waals surface area (Å²) in [6, 6.07) is 5.41. The number of rotatable bonds is 2. The molecule has 82 valence electrons. The van der Waals surface area contributed by atoms with Gasteiger partial charge in [0.25, 0.3) is 0 Å². The molecule has 0 unspecified atom stereocenters. The predicted octanol–water partition coefficient (Wildman–Crippen LogP) is 1.86. The maximum atomic E-state index is 11.2. The zero-order valence-electron chi connectivity index (χ0n) is 8.45. The van der Waals surface area contributed by atoms with E-state index >= 15 is 0 Å². The first-order valence-corrected chi connectivity index (χ1v) is 5.68. The molecule has 1 aliphatic rings. The Morgan fingerprint density at radius 1 is 1.56 bits per heavy atom. The van der Waals surface area contributed by atoms with Crippen molar-refractivity contribution in [2.75, 3.05) is 16.4 Å². The summed E-state index contributed by atoms with van der Waals surface area (Å²) in [6.07, 6.45) is 1.20. The molecule has 0 radical (unpaired) electrons. The number of anilines is 2. The summed E-state index contributed by atoms with van der Waals surface area (Å²) in [5.41, 5.74) is 1.38. The van der Waals surface area contributed by atoms with Gasteiger partial charge in [-0.25, -0.2) is 0 Å². The number of hydrogen-bond acceptors (Lipinski definition) is 3. The molecular formula is C11H10N2O2S. The number of benzene rings is 1. The average molecular weight is 234 g/mol. The molecule has 0 aliphatic carbocycles. The van der Waals surface area contributed by atoms with Crippen LogP contribution in [-0.2, 0) is 9.59 Å². The van der Waals surface area contributed by atoms with E-state index in [-0.39, 0.29) is 11.8 Å². The van der Waals surface area contributed by atoms with Crippen LogP contribution >= 0.6 is 11.8 Å². The molecule has 1 aliphatic heterocycles. The summed E-state index contributed by atoms with van der Waals surface area (Å²) in [5.74, 6) is 0.144. The van der Waals surface area contributed by atoms with Gasteiger partial charge in [0, 0.05) is 10.6 Å². The minimum Gasteiger partial charge on any atom is -0.324 e. The number of nitrogens with one attached hydrogen (secondary N) is 2. The fourth-order valence-corrected chi connectivity index (χ4v) is 2.14. The molecule has 0 saturated heterocycles. The second kappa shape index (κ2) is 4.40. The molecule has 0 saturated carbocycles. The molecule has 4 nitrogen and oxygen atoms in total. The first-order valence-electron chi connectivity index (χ1n) is 4.69. The quantitative estimate of drug-likeness (QED) is 0.768. The van der Waals surface area contributed by atoms with Gasteiger partial charge in [-0.15, -0.1) is 11.8 Å². The van der Waals surface area contributed by atoms with E-state index in [9.17, 15) is 9.59 Å². The van der Waals surface area contributed by atoms with E-state index in [1.54, 1.807) is 12.1 Å². The van der Waals surface area contributed by atoms with Gasteiger partial charge in [0.1, 0.15) is 0 Å². The van der Waals surface area contributed by atoms with Crippen molar-refractivity contribution < 1.29 is 9.59 Å². The van der Waals surface area contributed by atoms with Crippen molar-refractivity contribution in [3.05, 3.63) is 30.9 Å². The van der Waals surface area contributed by atoms with Crippen molar-refractivity contribution in [3.8, 4) is 0 Å². The van der Waals surface area contributed by atoms with E-state index in [0.29, 0.717) is 11.4 Å². The van der Waals surface area contributed by atoms with Gasteiger partial charge in [-0.1, -0.05) is 6.58 Å². The van der Waals surface area contributed by atoms with Crippen molar-refractivity contribution in [3.63, 3.8) is 0 Å². The Labute approximate surface area is 97.1 Å². The summed E-state index contributed by atoms with van der Waals surface area (Å²) < 4.78 is 0. The lowest BCUT2D eigenvalue weighted by Crippen LogP contribution is -2.19. The normalized spacial score (nSPS) is 13.6. The van der Waals surface area contributed by atoms with Crippen molar-refractivity contribution >= 4 is 35.0 Å². The van der Waals surface area contributed by atoms with E-state index in [1.165, 1.54) is 17.8 Å². The fraction of sp³-hybridized carbons (Fsp3) is 0.0909. The minimum absolute atomic E-state index is 0.0234. The Morgan fingerprint density at radius 3 is 3.12 bits per heavy atom. The number of carbonyl (C=O) groups is 2. The van der Waals surface area contributed by atoms with Crippen LogP contribution in [0.1, 0.15) is 0 Å². The van der Waals surface area contributed by atoms with Crippen LogP contribution in [0.4, 0.5) is 11.4 Å². The van der Waals surface area contributed by atoms with Crippen molar-refractivity contribution in [1.82, 2.24) is 0 Å². The minimum atomic E-state index is -0.269. The highest BCUT2D eigenvalue weighted by atomic mass is 32.2. The third-order valence-corrected chi connectivity index (χ3v) is 3.14. The summed E-state index contributed by atoms with van der Waals surface area (Å²) in [4.78, 5) is 23.3. The van der Waals surface area contributed by atoms with Crippen LogP contribution in [0.2, 0.25) is 0 Å². The Kier molecular flexibility index (Phi) is 2.96. The highest BCUT2D eigenvalue weighted by Gasteiger charge is 2.15. The molecule has 0 spiro atoms. The van der Waals surface area contributed by atoms with Crippen LogP contribution in [0.25, 0.3) is 0 Å². The third-order valence-electron chi connectivity index (χ3n) is 2.07. The lowest BCUT2D eigenvalue weighted by Gasteiger charge is -2.17. The first kappa shape index (κ1) is 10.8. The van der Waals surface area contributed by atoms with E-state index in [4.69, 9.17) is 0 Å². The van der Waals surface area contributed by atoms with Crippen LogP contribution in [0.15, 0.2) is 35.7 Å². The van der Waals surface area contributed by atoms with Gasteiger partial charge in [0.2, 0.25) is 11.8 Å². The number of amides is 2. The second-order valence-corrected chi connectivity index (χ2v) is 4.26. The van der Waals surface area contributed by atoms with Crippen molar-refractivity contribution in [1.29, 1.82) is 0 Å². The fourth-order valence-electron chi connectivity index (χ4n) is 1.35. The third kappa shape index (κ3) is 2.25. The van der Waals surface area contributed by atoms with E-state index in [2.05, 4.69) is 17.2 Å². The van der Waals surface area contributed by atoms with Crippen LogP contribution < -0.4 is 10.6 Å². The van der Waals surface area contributed by atoms with Crippen molar-refractivity contribution in [2.24, 2.45) is 0 Å². The maximum absolute atomic E-state index is 11.2. The van der Waals surface area contributed by atoms with Crippen LogP contribution in [-0.4, -0.2) is 17.6 Å². The first-order chi connectivity index (χ1) is 7.69. The summed E-state index contributed by atoms with van der Waals surface area (Å²) in [7, 11) is 0. The smallest absolute Gasteiger partial charge is 0.247 e. The molecule has 5 heteroatoms. The molecule has 0 aromatic heterocycles.